The minimum absolute atomic E-state index is 0.825. The highest BCUT2D eigenvalue weighted by atomic mass is 14.9. The van der Waals surface area contributed by atoms with Crippen molar-refractivity contribution < 1.29 is 0 Å². The van der Waals surface area contributed by atoms with Crippen molar-refractivity contribution in [2.24, 2.45) is 5.92 Å². The number of hydrogen-bond donors (Lipinski definition) is 2. The molecule has 3 heterocycles. The van der Waals surface area contributed by atoms with Gasteiger partial charge in [-0.15, -0.1) is 0 Å². The lowest BCUT2D eigenvalue weighted by molar-refractivity contribution is 0.526. The van der Waals surface area contributed by atoms with Crippen molar-refractivity contribution >= 4 is 11.0 Å². The van der Waals surface area contributed by atoms with Crippen molar-refractivity contribution in [3.8, 4) is 0 Å². The van der Waals surface area contributed by atoms with Gasteiger partial charge in [0, 0.05) is 12.6 Å². The van der Waals surface area contributed by atoms with Crippen molar-refractivity contribution in [3.63, 3.8) is 0 Å². The second kappa shape index (κ2) is 4.22. The van der Waals surface area contributed by atoms with E-state index in [4.69, 9.17) is 0 Å². The van der Waals surface area contributed by atoms with E-state index in [2.05, 4.69) is 20.3 Å². The number of pyridine rings is 1. The zero-order chi connectivity index (χ0) is 10.8. The van der Waals surface area contributed by atoms with Gasteiger partial charge < -0.3 is 10.3 Å². The summed E-state index contributed by atoms with van der Waals surface area (Å²) in [4.78, 5) is 12.0. The first-order valence-electron chi connectivity index (χ1n) is 5.91. The predicted molar refractivity (Wildman–Crippen MR) is 63.2 cm³/mol. The van der Waals surface area contributed by atoms with E-state index in [-0.39, 0.29) is 0 Å². The Morgan fingerprint density at radius 2 is 2.44 bits per heavy atom. The first kappa shape index (κ1) is 9.78. The molecule has 4 heteroatoms. The van der Waals surface area contributed by atoms with Crippen LogP contribution in [0, 0.1) is 5.92 Å². The van der Waals surface area contributed by atoms with Gasteiger partial charge in [-0.05, 0) is 37.9 Å². The van der Waals surface area contributed by atoms with Crippen molar-refractivity contribution in [3.05, 3.63) is 24.3 Å². The molecule has 4 nitrogen and oxygen atoms in total. The molecule has 0 spiro atoms. The summed E-state index contributed by atoms with van der Waals surface area (Å²) < 4.78 is 0. The molecule has 1 saturated heterocycles. The van der Waals surface area contributed by atoms with E-state index >= 15 is 0 Å². The number of H-pyrrole nitrogens is 1. The van der Waals surface area contributed by atoms with Gasteiger partial charge >= 0.3 is 0 Å². The summed E-state index contributed by atoms with van der Waals surface area (Å²) in [6, 6.07) is 1.95. The molecule has 2 N–H and O–H groups in total. The minimum Gasteiger partial charge on any atom is -0.341 e. The van der Waals surface area contributed by atoms with Gasteiger partial charge in [0.15, 0.2) is 0 Å². The summed E-state index contributed by atoms with van der Waals surface area (Å²) >= 11 is 0. The summed E-state index contributed by atoms with van der Waals surface area (Å²) in [6.45, 7) is 2.34. The third-order valence-electron chi connectivity index (χ3n) is 3.28. The van der Waals surface area contributed by atoms with Gasteiger partial charge in [-0.1, -0.05) is 0 Å². The Morgan fingerprint density at radius 3 is 3.25 bits per heavy atom. The number of hydrogen-bond acceptors (Lipinski definition) is 3. The molecular weight excluding hydrogens is 200 g/mol. The molecule has 0 aromatic carbocycles. The van der Waals surface area contributed by atoms with Crippen LogP contribution in [0.1, 0.15) is 18.7 Å². The van der Waals surface area contributed by atoms with E-state index in [0.29, 0.717) is 0 Å². The summed E-state index contributed by atoms with van der Waals surface area (Å²) in [5, 5.41) is 3.39. The van der Waals surface area contributed by atoms with E-state index in [1.807, 2.05) is 12.3 Å². The molecule has 84 valence electrons. The molecule has 1 aliphatic heterocycles. The van der Waals surface area contributed by atoms with Gasteiger partial charge in [0.25, 0.3) is 0 Å². The van der Waals surface area contributed by atoms with E-state index in [0.717, 1.165) is 29.2 Å². The summed E-state index contributed by atoms with van der Waals surface area (Å²) in [5.41, 5.74) is 2.07. The molecular formula is C12H16N4. The fourth-order valence-electron chi connectivity index (χ4n) is 2.33. The number of aromatic nitrogens is 3. The highest BCUT2D eigenvalue weighted by Gasteiger charge is 2.14. The topological polar surface area (TPSA) is 53.6 Å². The average Bonchev–Trinajstić information content (AvgIpc) is 2.95. The number of aromatic amines is 1. The largest absolute Gasteiger partial charge is 0.341 e. The van der Waals surface area contributed by atoms with Crippen LogP contribution in [0.15, 0.2) is 18.5 Å². The third-order valence-corrected chi connectivity index (χ3v) is 3.28. The van der Waals surface area contributed by atoms with Crippen molar-refractivity contribution in [1.82, 2.24) is 20.3 Å². The number of fused-ring (bicyclic) bond motifs is 1. The Labute approximate surface area is 94.5 Å². The molecule has 0 bridgehead atoms. The van der Waals surface area contributed by atoms with Crippen LogP contribution in [-0.2, 0) is 6.42 Å². The van der Waals surface area contributed by atoms with Gasteiger partial charge in [0.1, 0.15) is 5.82 Å². The van der Waals surface area contributed by atoms with E-state index in [1.165, 1.54) is 25.9 Å². The fraction of sp³-hybridized carbons (Fsp3) is 0.500. The number of imidazole rings is 1. The van der Waals surface area contributed by atoms with Gasteiger partial charge in [-0.3, -0.25) is 4.98 Å². The maximum absolute atomic E-state index is 4.56. The molecule has 2 aromatic rings. The van der Waals surface area contributed by atoms with Crippen molar-refractivity contribution in [1.29, 1.82) is 0 Å². The molecule has 1 fully saturated rings. The van der Waals surface area contributed by atoms with Crippen LogP contribution in [0.2, 0.25) is 0 Å². The molecule has 16 heavy (non-hydrogen) atoms. The Morgan fingerprint density at radius 1 is 1.44 bits per heavy atom. The smallest absolute Gasteiger partial charge is 0.107 e. The third kappa shape index (κ3) is 1.93. The molecule has 1 atom stereocenters. The second-order valence-corrected chi connectivity index (χ2v) is 4.47. The lowest BCUT2D eigenvalue weighted by Gasteiger charge is -2.05. The normalized spacial score (nSPS) is 20.6. The Balaban J connectivity index is 1.69. The SMILES string of the molecule is c1cc2nc(CCC3CCNC3)[nH]c2cn1. The molecule has 1 unspecified atom stereocenters. The van der Waals surface area contributed by atoms with Gasteiger partial charge in [-0.25, -0.2) is 4.98 Å². The van der Waals surface area contributed by atoms with Crippen LogP contribution in [0.3, 0.4) is 0 Å². The first-order valence-corrected chi connectivity index (χ1v) is 5.91. The van der Waals surface area contributed by atoms with Gasteiger partial charge in [-0.2, -0.15) is 0 Å². The van der Waals surface area contributed by atoms with Crippen LogP contribution < -0.4 is 5.32 Å². The van der Waals surface area contributed by atoms with Crippen LogP contribution in [0.25, 0.3) is 11.0 Å². The average molecular weight is 216 g/mol. The predicted octanol–water partition coefficient (Wildman–Crippen LogP) is 1.50. The zero-order valence-corrected chi connectivity index (χ0v) is 9.24. The quantitative estimate of drug-likeness (QED) is 0.817. The minimum atomic E-state index is 0.825. The van der Waals surface area contributed by atoms with Crippen molar-refractivity contribution in [2.45, 2.75) is 19.3 Å². The van der Waals surface area contributed by atoms with E-state index in [1.54, 1.807) is 6.20 Å². The Bertz CT molecular complexity index is 438. The Hall–Kier alpha value is -1.42. The van der Waals surface area contributed by atoms with Crippen molar-refractivity contribution in [2.75, 3.05) is 13.1 Å². The van der Waals surface area contributed by atoms with Crippen LogP contribution in [0.5, 0.6) is 0 Å². The second-order valence-electron chi connectivity index (χ2n) is 4.47. The van der Waals surface area contributed by atoms with Crippen LogP contribution in [-0.4, -0.2) is 28.0 Å². The monoisotopic (exact) mass is 216 g/mol. The lowest BCUT2D eigenvalue weighted by atomic mass is 10.0. The maximum atomic E-state index is 4.56. The number of rotatable bonds is 3. The summed E-state index contributed by atoms with van der Waals surface area (Å²) in [6.07, 6.45) is 7.19. The van der Waals surface area contributed by atoms with Crippen LogP contribution >= 0.6 is 0 Å². The van der Waals surface area contributed by atoms with Gasteiger partial charge in [0.05, 0.1) is 17.2 Å². The highest BCUT2D eigenvalue weighted by Crippen LogP contribution is 2.16. The lowest BCUT2D eigenvalue weighted by Crippen LogP contribution is -2.09. The number of nitrogens with one attached hydrogen (secondary N) is 2. The zero-order valence-electron chi connectivity index (χ0n) is 9.24. The highest BCUT2D eigenvalue weighted by molar-refractivity contribution is 5.73. The molecule has 3 rings (SSSR count). The molecule has 0 radical (unpaired) electrons. The molecule has 0 aliphatic carbocycles. The number of nitrogens with zero attached hydrogens (tertiary/aromatic N) is 2. The summed E-state index contributed by atoms with van der Waals surface area (Å²) in [5.74, 6) is 1.92. The van der Waals surface area contributed by atoms with E-state index in [9.17, 15) is 0 Å². The fourth-order valence-corrected chi connectivity index (χ4v) is 2.33. The molecule has 1 aliphatic rings. The molecule has 0 saturated carbocycles. The van der Waals surface area contributed by atoms with E-state index < -0.39 is 0 Å². The molecule has 0 amide bonds. The molecule has 2 aromatic heterocycles. The standard InChI is InChI=1S/C12H16N4/c1(9-3-5-13-7-9)2-12-15-10-4-6-14-8-11(10)16-12/h4,6,8-9,13H,1-3,5,7H2,(H,15,16). The first-order chi connectivity index (χ1) is 7.92. The summed E-state index contributed by atoms with van der Waals surface area (Å²) in [7, 11) is 0. The Kier molecular flexibility index (Phi) is 2.58. The van der Waals surface area contributed by atoms with Gasteiger partial charge in [0.2, 0.25) is 0 Å². The van der Waals surface area contributed by atoms with Crippen LogP contribution in [0.4, 0.5) is 0 Å². The maximum Gasteiger partial charge on any atom is 0.107 e. The number of aryl methyl sites for hydroxylation is 1.